The van der Waals surface area contributed by atoms with Crippen molar-refractivity contribution in [2.24, 2.45) is 0 Å². The van der Waals surface area contributed by atoms with Gasteiger partial charge in [-0.1, -0.05) is 0 Å². The van der Waals surface area contributed by atoms with E-state index in [0.717, 1.165) is 14.1 Å². The molecule has 0 aromatic carbocycles. The van der Waals surface area contributed by atoms with Crippen molar-refractivity contribution in [2.45, 2.75) is 6.18 Å². The van der Waals surface area contributed by atoms with Crippen molar-refractivity contribution < 1.29 is 22.0 Å². The average molecular weight is 175 g/mol. The lowest BCUT2D eigenvalue weighted by atomic mass is 10.5. The van der Waals surface area contributed by atoms with Gasteiger partial charge in [-0.2, -0.15) is 22.0 Å². The second-order valence-electron chi connectivity index (χ2n) is 2.00. The highest BCUT2D eigenvalue weighted by atomic mass is 19.4. The first-order valence-corrected chi connectivity index (χ1v) is 2.56. The van der Waals surface area contributed by atoms with Crippen molar-refractivity contribution in [1.29, 1.82) is 0 Å². The predicted molar refractivity (Wildman–Crippen MR) is 29.0 cm³/mol. The molecule has 0 bridgehead atoms. The topological polar surface area (TPSA) is 3.24 Å². The lowest BCUT2D eigenvalue weighted by Gasteiger charge is -2.11. The second kappa shape index (κ2) is 3.06. The number of hydrogen-bond donors (Lipinski definition) is 0. The SMILES string of the molecule is CN(C)/C(F)=C(/F)C(F)(F)F. The molecule has 66 valence electrons. The molecule has 6 heteroatoms. The third kappa shape index (κ3) is 2.73. The molecule has 0 aromatic rings. The molecule has 0 rings (SSSR count). The first kappa shape index (κ1) is 10.2. The average Bonchev–Trinajstić information content (AvgIpc) is 1.82. The van der Waals surface area contributed by atoms with Gasteiger partial charge in [0.1, 0.15) is 0 Å². The highest BCUT2D eigenvalue weighted by Gasteiger charge is 2.38. The first-order chi connectivity index (χ1) is 4.76. The van der Waals surface area contributed by atoms with Crippen molar-refractivity contribution in [3.8, 4) is 0 Å². The molecule has 0 aliphatic heterocycles. The van der Waals surface area contributed by atoms with Crippen molar-refractivity contribution in [3.05, 3.63) is 11.8 Å². The van der Waals surface area contributed by atoms with Crippen LogP contribution in [0.1, 0.15) is 0 Å². The van der Waals surface area contributed by atoms with Crippen LogP contribution in [0.15, 0.2) is 11.8 Å². The molecule has 0 N–H and O–H groups in total. The maximum atomic E-state index is 12.1. The maximum absolute atomic E-state index is 12.1. The third-order valence-corrected chi connectivity index (χ3v) is 0.823. The Balaban J connectivity index is 4.67. The highest BCUT2D eigenvalue weighted by Crippen LogP contribution is 2.30. The molecule has 0 amide bonds. The van der Waals surface area contributed by atoms with Crippen LogP contribution in [0.4, 0.5) is 22.0 Å². The zero-order chi connectivity index (χ0) is 9.23. The fraction of sp³-hybridized carbons (Fsp3) is 0.600. The van der Waals surface area contributed by atoms with Crippen molar-refractivity contribution in [3.63, 3.8) is 0 Å². The number of halogens is 5. The molecule has 0 unspecified atom stereocenters. The zero-order valence-corrected chi connectivity index (χ0v) is 5.84. The van der Waals surface area contributed by atoms with Crippen molar-refractivity contribution in [1.82, 2.24) is 4.90 Å². The Morgan fingerprint density at radius 1 is 1.09 bits per heavy atom. The smallest absolute Gasteiger partial charge is 0.352 e. The minimum Gasteiger partial charge on any atom is -0.352 e. The van der Waals surface area contributed by atoms with Gasteiger partial charge in [-0.15, -0.1) is 0 Å². The van der Waals surface area contributed by atoms with Crippen LogP contribution < -0.4 is 0 Å². The number of hydrogen-bond acceptors (Lipinski definition) is 1. The molecule has 0 heterocycles. The fourth-order valence-electron chi connectivity index (χ4n) is 0.313. The number of rotatable bonds is 1. The Morgan fingerprint density at radius 2 is 1.45 bits per heavy atom. The highest BCUT2D eigenvalue weighted by molar-refractivity contribution is 5.03. The lowest BCUT2D eigenvalue weighted by molar-refractivity contribution is -0.113. The van der Waals surface area contributed by atoms with Gasteiger partial charge >= 0.3 is 6.18 Å². The van der Waals surface area contributed by atoms with E-state index in [0.29, 0.717) is 4.90 Å². The van der Waals surface area contributed by atoms with Gasteiger partial charge in [0.15, 0.2) is 0 Å². The Hall–Kier alpha value is -0.810. The molecule has 1 nitrogen and oxygen atoms in total. The first-order valence-electron chi connectivity index (χ1n) is 2.56. The number of nitrogens with zero attached hydrogens (tertiary/aromatic N) is 1. The quantitative estimate of drug-likeness (QED) is 0.436. The largest absolute Gasteiger partial charge is 0.447 e. The molecule has 0 atom stereocenters. The van der Waals surface area contributed by atoms with Gasteiger partial charge in [0.25, 0.3) is 5.83 Å². The van der Waals surface area contributed by atoms with Crippen LogP contribution in [0.3, 0.4) is 0 Å². The summed E-state index contributed by atoms with van der Waals surface area (Å²) in [5, 5.41) is 0. The van der Waals surface area contributed by atoms with Gasteiger partial charge in [-0.3, -0.25) is 0 Å². The van der Waals surface area contributed by atoms with E-state index in [1.165, 1.54) is 0 Å². The Labute approximate surface area is 60.1 Å². The van der Waals surface area contributed by atoms with E-state index in [9.17, 15) is 22.0 Å². The molecular formula is C5H6F5N. The van der Waals surface area contributed by atoms with Crippen LogP contribution in [-0.2, 0) is 0 Å². The summed E-state index contributed by atoms with van der Waals surface area (Å²) in [5.41, 5.74) is 0. The molecule has 0 aliphatic rings. The van der Waals surface area contributed by atoms with Gasteiger partial charge in [0, 0.05) is 14.1 Å². The predicted octanol–water partition coefficient (Wildman–Crippen LogP) is 2.22. The fourth-order valence-corrected chi connectivity index (χ4v) is 0.313. The molecule has 11 heavy (non-hydrogen) atoms. The van der Waals surface area contributed by atoms with E-state index in [1.807, 2.05) is 0 Å². The molecule has 0 aliphatic carbocycles. The van der Waals surface area contributed by atoms with Crippen LogP contribution in [-0.4, -0.2) is 25.2 Å². The zero-order valence-electron chi connectivity index (χ0n) is 5.84. The molecule has 0 saturated heterocycles. The Kier molecular flexibility index (Phi) is 2.84. The van der Waals surface area contributed by atoms with E-state index < -0.39 is 18.0 Å². The van der Waals surface area contributed by atoms with E-state index in [1.54, 1.807) is 0 Å². The minimum atomic E-state index is -5.24. The van der Waals surface area contributed by atoms with Gasteiger partial charge in [0.05, 0.1) is 0 Å². The Morgan fingerprint density at radius 3 is 1.55 bits per heavy atom. The van der Waals surface area contributed by atoms with E-state index in [4.69, 9.17) is 0 Å². The lowest BCUT2D eigenvalue weighted by Crippen LogP contribution is -2.17. The summed E-state index contributed by atoms with van der Waals surface area (Å²) < 4.78 is 58.1. The van der Waals surface area contributed by atoms with Gasteiger partial charge in [-0.05, 0) is 0 Å². The maximum Gasteiger partial charge on any atom is 0.447 e. The summed E-state index contributed by atoms with van der Waals surface area (Å²) in [6, 6.07) is 0. The summed E-state index contributed by atoms with van der Waals surface area (Å²) in [4.78, 5) is 0.406. The molecular weight excluding hydrogens is 169 g/mol. The van der Waals surface area contributed by atoms with E-state index in [2.05, 4.69) is 0 Å². The van der Waals surface area contributed by atoms with Crippen LogP contribution in [0.25, 0.3) is 0 Å². The molecule has 0 fully saturated rings. The van der Waals surface area contributed by atoms with Crippen molar-refractivity contribution in [2.75, 3.05) is 14.1 Å². The third-order valence-electron chi connectivity index (χ3n) is 0.823. The van der Waals surface area contributed by atoms with E-state index >= 15 is 0 Å². The Bertz CT molecular complexity index is 168. The molecule has 0 saturated carbocycles. The van der Waals surface area contributed by atoms with E-state index in [-0.39, 0.29) is 0 Å². The normalized spacial score (nSPS) is 14.5. The van der Waals surface area contributed by atoms with Crippen molar-refractivity contribution >= 4 is 0 Å². The number of alkyl halides is 3. The second-order valence-corrected chi connectivity index (χ2v) is 2.00. The summed E-state index contributed by atoms with van der Waals surface area (Å²) in [6.45, 7) is 0. The van der Waals surface area contributed by atoms with Crippen LogP contribution >= 0.6 is 0 Å². The van der Waals surface area contributed by atoms with Gasteiger partial charge in [0.2, 0.25) is 5.95 Å². The van der Waals surface area contributed by atoms with Gasteiger partial charge < -0.3 is 4.90 Å². The van der Waals surface area contributed by atoms with Crippen LogP contribution in [0.2, 0.25) is 0 Å². The number of allylic oxidation sites excluding steroid dienone is 1. The molecule has 0 spiro atoms. The summed E-state index contributed by atoms with van der Waals surface area (Å²) >= 11 is 0. The minimum absolute atomic E-state index is 0.406. The standard InChI is InChI=1S/C5H6F5N/c1-11(2)4(7)3(6)5(8,9)10/h1-2H3/b4-3+. The molecule has 0 aromatic heterocycles. The van der Waals surface area contributed by atoms with Crippen LogP contribution in [0, 0.1) is 0 Å². The summed E-state index contributed by atoms with van der Waals surface area (Å²) in [6.07, 6.45) is -5.24. The molecule has 0 radical (unpaired) electrons. The van der Waals surface area contributed by atoms with Crippen LogP contribution in [0.5, 0.6) is 0 Å². The summed E-state index contributed by atoms with van der Waals surface area (Å²) in [5.74, 6) is -4.62. The monoisotopic (exact) mass is 175 g/mol. The summed E-state index contributed by atoms with van der Waals surface area (Å²) in [7, 11) is 1.95. The van der Waals surface area contributed by atoms with Gasteiger partial charge in [-0.25, -0.2) is 0 Å².